The molecule has 11 heteroatoms. The van der Waals surface area contributed by atoms with Gasteiger partial charge in [-0.05, 0) is 85.4 Å². The number of benzene rings is 3. The molecule has 1 heterocycles. The summed E-state index contributed by atoms with van der Waals surface area (Å²) in [6.07, 6.45) is 6.48. The zero-order valence-corrected chi connectivity index (χ0v) is 28.3. The Hall–Kier alpha value is -4.19. The van der Waals surface area contributed by atoms with Gasteiger partial charge >= 0.3 is 5.97 Å². The fourth-order valence-corrected chi connectivity index (χ4v) is 7.30. The second-order valence-electron chi connectivity index (χ2n) is 10.5. The minimum atomic E-state index is -0.500. The van der Waals surface area contributed by atoms with E-state index < -0.39 is 17.8 Å². The number of amides is 3. The van der Waals surface area contributed by atoms with Crippen LogP contribution in [-0.2, 0) is 27.2 Å². The summed E-state index contributed by atoms with van der Waals surface area (Å²) in [6.45, 7) is 0. The summed E-state index contributed by atoms with van der Waals surface area (Å²) in [5.41, 5.74) is 3.19. The number of hydrogen-bond donors (Lipinski definition) is 3. The zero-order chi connectivity index (χ0) is 32.5. The van der Waals surface area contributed by atoms with E-state index in [2.05, 4.69) is 31.9 Å². The number of nitrogens with one attached hydrogen (secondary N) is 3. The van der Waals surface area contributed by atoms with Crippen molar-refractivity contribution in [3.63, 3.8) is 0 Å². The van der Waals surface area contributed by atoms with Crippen LogP contribution in [0.2, 0.25) is 0 Å². The quantitative estimate of drug-likeness (QED) is 0.0671. The van der Waals surface area contributed by atoms with Gasteiger partial charge in [0, 0.05) is 25.5 Å². The number of anilines is 2. The largest absolute Gasteiger partial charge is 0.465 e. The van der Waals surface area contributed by atoms with E-state index >= 15 is 0 Å². The van der Waals surface area contributed by atoms with E-state index in [0.29, 0.717) is 21.8 Å². The van der Waals surface area contributed by atoms with Crippen molar-refractivity contribution in [3.8, 4) is 0 Å². The number of thioether (sulfide) groups is 1. The van der Waals surface area contributed by atoms with Gasteiger partial charge in [0.1, 0.15) is 10.7 Å². The molecule has 0 fully saturated rings. The summed E-state index contributed by atoms with van der Waals surface area (Å²) in [5.74, 6) is -1.49. The molecule has 0 saturated heterocycles. The lowest BCUT2D eigenvalue weighted by Crippen LogP contribution is -2.30. The second-order valence-corrected chi connectivity index (χ2v) is 13.6. The van der Waals surface area contributed by atoms with Crippen molar-refractivity contribution in [2.75, 3.05) is 23.5 Å². The highest BCUT2D eigenvalue weighted by Crippen LogP contribution is 2.38. The third-order valence-electron chi connectivity index (χ3n) is 7.24. The molecule has 46 heavy (non-hydrogen) atoms. The van der Waals surface area contributed by atoms with Crippen molar-refractivity contribution in [1.29, 1.82) is 0 Å². The molecule has 0 saturated carbocycles. The number of methoxy groups -OCH3 is 1. The van der Waals surface area contributed by atoms with Crippen LogP contribution < -0.4 is 16.0 Å². The van der Waals surface area contributed by atoms with Crippen molar-refractivity contribution >= 4 is 79.5 Å². The topological polar surface area (TPSA) is 114 Å². The molecule has 3 aromatic carbocycles. The number of hydrogen-bond acceptors (Lipinski definition) is 7. The number of rotatable bonds is 10. The van der Waals surface area contributed by atoms with Gasteiger partial charge in [-0.15, -0.1) is 23.1 Å². The van der Waals surface area contributed by atoms with Crippen LogP contribution in [0.15, 0.2) is 93.9 Å². The summed E-state index contributed by atoms with van der Waals surface area (Å²) in [5, 5.41) is 9.07. The first-order valence-corrected chi connectivity index (χ1v) is 17.3. The SMILES string of the molecule is COC(=O)c1c(NC(=O)CSc2cccc(NC(=O)/C(=C\c3ccc(Br)cc3)NC(=O)c3ccccc3)c2)sc2c1CCCCC2. The lowest BCUT2D eigenvalue weighted by molar-refractivity contribution is -0.114. The molecule has 0 aliphatic heterocycles. The van der Waals surface area contributed by atoms with Gasteiger partial charge in [0.2, 0.25) is 5.91 Å². The van der Waals surface area contributed by atoms with E-state index in [1.54, 1.807) is 48.5 Å². The molecule has 236 valence electrons. The first kappa shape index (κ1) is 33.2. The van der Waals surface area contributed by atoms with Crippen molar-refractivity contribution in [3.05, 3.63) is 116 Å². The molecule has 0 radical (unpaired) electrons. The van der Waals surface area contributed by atoms with E-state index in [-0.39, 0.29) is 17.4 Å². The molecule has 1 aromatic heterocycles. The van der Waals surface area contributed by atoms with Crippen LogP contribution in [0.4, 0.5) is 10.7 Å². The van der Waals surface area contributed by atoms with Crippen LogP contribution in [0.1, 0.15) is 56.0 Å². The molecular formula is C35H32BrN3O5S2. The number of halogens is 1. The molecule has 3 amide bonds. The third-order valence-corrected chi connectivity index (χ3v) is 9.97. The Morgan fingerprint density at radius 2 is 1.67 bits per heavy atom. The zero-order valence-electron chi connectivity index (χ0n) is 25.1. The van der Waals surface area contributed by atoms with E-state index in [0.717, 1.165) is 57.5 Å². The van der Waals surface area contributed by atoms with E-state index in [1.165, 1.54) is 30.2 Å². The normalized spacial score (nSPS) is 12.8. The van der Waals surface area contributed by atoms with Crippen LogP contribution in [0, 0.1) is 0 Å². The van der Waals surface area contributed by atoms with Crippen molar-refractivity contribution in [1.82, 2.24) is 5.32 Å². The van der Waals surface area contributed by atoms with E-state index in [1.807, 2.05) is 36.4 Å². The smallest absolute Gasteiger partial charge is 0.341 e. The molecule has 0 bridgehead atoms. The number of carbonyl (C=O) groups is 4. The fourth-order valence-electron chi connectivity index (χ4n) is 4.99. The standard InChI is InChI=1S/C35H32BrN3O5S2/c1-44-35(43)31-27-13-6-3-7-14-29(27)46-34(31)39-30(40)21-45-26-12-8-11-25(20-26)37-33(42)28(19-22-15-17-24(36)18-16-22)38-32(41)23-9-4-2-5-10-23/h2,4-5,8-12,15-20H,3,6-7,13-14,21H2,1H3,(H,37,42)(H,38,41)(H,39,40)/b28-19+. The highest BCUT2D eigenvalue weighted by atomic mass is 79.9. The summed E-state index contributed by atoms with van der Waals surface area (Å²) in [4.78, 5) is 53.9. The predicted molar refractivity (Wildman–Crippen MR) is 187 cm³/mol. The Kier molecular flexibility index (Phi) is 11.5. The van der Waals surface area contributed by atoms with Gasteiger partial charge in [-0.1, -0.05) is 58.7 Å². The maximum Gasteiger partial charge on any atom is 0.341 e. The highest BCUT2D eigenvalue weighted by Gasteiger charge is 2.26. The maximum atomic E-state index is 13.4. The van der Waals surface area contributed by atoms with Crippen LogP contribution in [0.3, 0.4) is 0 Å². The van der Waals surface area contributed by atoms with Gasteiger partial charge in [0.25, 0.3) is 11.8 Å². The van der Waals surface area contributed by atoms with Gasteiger partial charge in [-0.25, -0.2) is 4.79 Å². The molecule has 4 aromatic rings. The number of carbonyl (C=O) groups excluding carboxylic acids is 4. The number of ether oxygens (including phenoxy) is 1. The predicted octanol–water partition coefficient (Wildman–Crippen LogP) is 7.71. The molecule has 1 aliphatic carbocycles. The Labute approximate surface area is 284 Å². The lowest BCUT2D eigenvalue weighted by Gasteiger charge is -2.12. The van der Waals surface area contributed by atoms with Gasteiger partial charge in [-0.3, -0.25) is 14.4 Å². The number of fused-ring (bicyclic) bond motifs is 1. The van der Waals surface area contributed by atoms with Crippen molar-refractivity contribution < 1.29 is 23.9 Å². The fraction of sp³-hybridized carbons (Fsp3) is 0.200. The molecule has 0 atom stereocenters. The minimum Gasteiger partial charge on any atom is -0.465 e. The molecular weight excluding hydrogens is 686 g/mol. The number of esters is 1. The molecule has 1 aliphatic rings. The summed E-state index contributed by atoms with van der Waals surface area (Å²) >= 11 is 6.17. The second kappa shape index (κ2) is 15.9. The summed E-state index contributed by atoms with van der Waals surface area (Å²) in [7, 11) is 1.35. The molecule has 3 N–H and O–H groups in total. The first-order chi connectivity index (χ1) is 22.3. The Morgan fingerprint density at radius 1 is 0.913 bits per heavy atom. The van der Waals surface area contributed by atoms with Crippen LogP contribution in [-0.4, -0.2) is 36.6 Å². The van der Waals surface area contributed by atoms with Crippen LogP contribution in [0.25, 0.3) is 6.08 Å². The average molecular weight is 719 g/mol. The van der Waals surface area contributed by atoms with E-state index in [9.17, 15) is 19.2 Å². The first-order valence-electron chi connectivity index (χ1n) is 14.7. The third kappa shape index (κ3) is 8.74. The van der Waals surface area contributed by atoms with Gasteiger partial charge in [0.15, 0.2) is 0 Å². The molecule has 5 rings (SSSR count). The summed E-state index contributed by atoms with van der Waals surface area (Å²) in [6, 6.07) is 23.1. The number of aryl methyl sites for hydroxylation is 1. The minimum absolute atomic E-state index is 0.0735. The van der Waals surface area contributed by atoms with Crippen molar-refractivity contribution in [2.24, 2.45) is 0 Å². The van der Waals surface area contributed by atoms with Crippen LogP contribution in [0.5, 0.6) is 0 Å². The molecule has 8 nitrogen and oxygen atoms in total. The average Bonchev–Trinajstić information content (AvgIpc) is 3.23. The number of thiophene rings is 1. The highest BCUT2D eigenvalue weighted by molar-refractivity contribution is 9.10. The summed E-state index contributed by atoms with van der Waals surface area (Å²) < 4.78 is 5.93. The van der Waals surface area contributed by atoms with Gasteiger partial charge in [0.05, 0.1) is 18.4 Å². The van der Waals surface area contributed by atoms with Gasteiger partial charge < -0.3 is 20.7 Å². The molecule has 0 spiro atoms. The Balaban J connectivity index is 1.26. The monoisotopic (exact) mass is 717 g/mol. The van der Waals surface area contributed by atoms with E-state index in [4.69, 9.17) is 4.74 Å². The van der Waals surface area contributed by atoms with Crippen molar-refractivity contribution in [2.45, 2.75) is 37.0 Å². The Morgan fingerprint density at radius 3 is 2.43 bits per heavy atom. The van der Waals surface area contributed by atoms with Crippen LogP contribution >= 0.6 is 39.0 Å². The van der Waals surface area contributed by atoms with Gasteiger partial charge in [-0.2, -0.15) is 0 Å². The lowest BCUT2D eigenvalue weighted by atomic mass is 10.1. The molecule has 0 unspecified atom stereocenters. The Bertz CT molecular complexity index is 1770. The maximum absolute atomic E-state index is 13.4.